The Labute approximate surface area is 181 Å². The van der Waals surface area contributed by atoms with E-state index in [1.807, 2.05) is 65.6 Å². The Kier molecular flexibility index (Phi) is 6.62. The highest BCUT2D eigenvalue weighted by atomic mass is 35.5. The molecule has 0 radical (unpaired) electrons. The van der Waals surface area contributed by atoms with Gasteiger partial charge in [-0.3, -0.25) is 4.79 Å². The van der Waals surface area contributed by atoms with Crippen molar-refractivity contribution in [3.8, 4) is 5.75 Å². The maximum absolute atomic E-state index is 13.6. The van der Waals surface area contributed by atoms with Crippen LogP contribution in [0.15, 0.2) is 79.0 Å². The number of benzene rings is 2. The number of rotatable bonds is 6. The minimum atomic E-state index is -0.347. The van der Waals surface area contributed by atoms with E-state index in [0.29, 0.717) is 37.2 Å². The lowest BCUT2D eigenvalue weighted by Gasteiger charge is -2.35. The zero-order valence-corrected chi connectivity index (χ0v) is 17.2. The molecule has 3 aromatic rings. The van der Waals surface area contributed by atoms with Crippen LogP contribution in [0, 0.1) is 0 Å². The Morgan fingerprint density at radius 1 is 1.07 bits per heavy atom. The molecule has 1 aliphatic heterocycles. The van der Waals surface area contributed by atoms with Crippen LogP contribution in [-0.4, -0.2) is 48.2 Å². The SMILES string of the molecule is O=C(C(c1ccccc1)c1ccccc1)N1CCOC(COc2cccnc2Cl)C1. The van der Waals surface area contributed by atoms with Gasteiger partial charge in [0.25, 0.3) is 0 Å². The van der Waals surface area contributed by atoms with Gasteiger partial charge in [0.1, 0.15) is 12.7 Å². The van der Waals surface area contributed by atoms with E-state index in [-0.39, 0.29) is 17.9 Å². The van der Waals surface area contributed by atoms with Crippen molar-refractivity contribution in [2.45, 2.75) is 12.0 Å². The molecule has 6 heteroatoms. The van der Waals surface area contributed by atoms with Crippen molar-refractivity contribution in [1.29, 1.82) is 0 Å². The maximum atomic E-state index is 13.6. The van der Waals surface area contributed by atoms with Crippen molar-refractivity contribution in [3.63, 3.8) is 0 Å². The second-order valence-electron chi connectivity index (χ2n) is 7.13. The Hall–Kier alpha value is -2.89. The van der Waals surface area contributed by atoms with Gasteiger partial charge in [0.2, 0.25) is 5.91 Å². The minimum absolute atomic E-state index is 0.0695. The Morgan fingerprint density at radius 2 is 1.73 bits per heavy atom. The number of nitrogens with zero attached hydrogens (tertiary/aromatic N) is 2. The fourth-order valence-electron chi connectivity index (χ4n) is 3.63. The quantitative estimate of drug-likeness (QED) is 0.559. The van der Waals surface area contributed by atoms with Gasteiger partial charge >= 0.3 is 0 Å². The molecule has 2 aromatic carbocycles. The summed E-state index contributed by atoms with van der Waals surface area (Å²) in [5.74, 6) is 0.234. The molecule has 0 saturated carbocycles. The second kappa shape index (κ2) is 9.74. The van der Waals surface area contributed by atoms with Gasteiger partial charge in [-0.1, -0.05) is 72.3 Å². The number of morpholine rings is 1. The number of halogens is 1. The average molecular weight is 423 g/mol. The van der Waals surface area contributed by atoms with E-state index in [9.17, 15) is 4.79 Å². The predicted octanol–water partition coefficient (Wildman–Crippen LogP) is 4.17. The van der Waals surface area contributed by atoms with Crippen LogP contribution in [0.25, 0.3) is 0 Å². The van der Waals surface area contributed by atoms with Gasteiger partial charge in [-0.2, -0.15) is 0 Å². The van der Waals surface area contributed by atoms with Gasteiger partial charge in [-0.05, 0) is 23.3 Å². The predicted molar refractivity (Wildman–Crippen MR) is 116 cm³/mol. The largest absolute Gasteiger partial charge is 0.488 e. The molecule has 4 rings (SSSR count). The third-order valence-electron chi connectivity index (χ3n) is 5.11. The maximum Gasteiger partial charge on any atom is 0.234 e. The number of ether oxygens (including phenoxy) is 2. The molecule has 1 amide bonds. The summed E-state index contributed by atoms with van der Waals surface area (Å²) >= 11 is 6.06. The van der Waals surface area contributed by atoms with Crippen molar-refractivity contribution in [1.82, 2.24) is 9.88 Å². The van der Waals surface area contributed by atoms with Gasteiger partial charge in [-0.15, -0.1) is 0 Å². The minimum Gasteiger partial charge on any atom is -0.488 e. The molecule has 1 fully saturated rings. The first-order valence-corrected chi connectivity index (χ1v) is 10.3. The van der Waals surface area contributed by atoms with E-state index in [1.54, 1.807) is 18.3 Å². The molecule has 1 atom stereocenters. The molecule has 0 aliphatic carbocycles. The topological polar surface area (TPSA) is 51.7 Å². The molecular weight excluding hydrogens is 400 g/mol. The van der Waals surface area contributed by atoms with Gasteiger partial charge < -0.3 is 14.4 Å². The number of hydrogen-bond donors (Lipinski definition) is 0. The van der Waals surface area contributed by atoms with Crippen LogP contribution in [0.5, 0.6) is 5.75 Å². The smallest absolute Gasteiger partial charge is 0.234 e. The lowest BCUT2D eigenvalue weighted by molar-refractivity contribution is -0.140. The lowest BCUT2D eigenvalue weighted by Crippen LogP contribution is -2.49. The fraction of sp³-hybridized carbons (Fsp3) is 0.250. The van der Waals surface area contributed by atoms with Crippen LogP contribution < -0.4 is 4.74 Å². The Morgan fingerprint density at radius 3 is 2.37 bits per heavy atom. The third kappa shape index (κ3) is 4.81. The normalized spacial score (nSPS) is 16.5. The van der Waals surface area contributed by atoms with E-state index < -0.39 is 0 Å². The second-order valence-corrected chi connectivity index (χ2v) is 7.49. The zero-order valence-electron chi connectivity index (χ0n) is 16.5. The summed E-state index contributed by atoms with van der Waals surface area (Å²) in [5, 5.41) is 0.314. The molecule has 0 spiro atoms. The summed E-state index contributed by atoms with van der Waals surface area (Å²) in [6.45, 7) is 1.79. The van der Waals surface area contributed by atoms with Crippen molar-refractivity contribution in [2.75, 3.05) is 26.3 Å². The van der Waals surface area contributed by atoms with Crippen molar-refractivity contribution in [2.24, 2.45) is 0 Å². The molecule has 1 aromatic heterocycles. The number of amides is 1. The van der Waals surface area contributed by atoms with Crippen LogP contribution in [-0.2, 0) is 9.53 Å². The molecule has 5 nitrogen and oxygen atoms in total. The first-order chi connectivity index (χ1) is 14.7. The molecule has 1 saturated heterocycles. The Balaban J connectivity index is 1.48. The van der Waals surface area contributed by atoms with E-state index >= 15 is 0 Å². The monoisotopic (exact) mass is 422 g/mol. The molecule has 30 heavy (non-hydrogen) atoms. The lowest BCUT2D eigenvalue weighted by atomic mass is 9.90. The molecular formula is C24H23ClN2O3. The Bertz CT molecular complexity index is 929. The third-order valence-corrected chi connectivity index (χ3v) is 5.40. The van der Waals surface area contributed by atoms with Crippen LogP contribution in [0.2, 0.25) is 5.15 Å². The highest BCUT2D eigenvalue weighted by Crippen LogP contribution is 2.28. The number of aromatic nitrogens is 1. The van der Waals surface area contributed by atoms with Crippen LogP contribution >= 0.6 is 11.6 Å². The fourth-order valence-corrected chi connectivity index (χ4v) is 3.81. The molecule has 2 heterocycles. The van der Waals surface area contributed by atoms with Crippen LogP contribution in [0.1, 0.15) is 17.0 Å². The average Bonchev–Trinajstić information content (AvgIpc) is 2.80. The summed E-state index contributed by atoms with van der Waals surface area (Å²) in [5.41, 5.74) is 1.96. The van der Waals surface area contributed by atoms with Crippen LogP contribution in [0.4, 0.5) is 0 Å². The molecule has 0 N–H and O–H groups in total. The number of pyridine rings is 1. The van der Waals surface area contributed by atoms with Gasteiger partial charge in [0.05, 0.1) is 19.1 Å². The first-order valence-electron chi connectivity index (χ1n) is 9.96. The van der Waals surface area contributed by atoms with E-state index in [0.717, 1.165) is 11.1 Å². The number of carbonyl (C=O) groups is 1. The van der Waals surface area contributed by atoms with Crippen LogP contribution in [0.3, 0.4) is 0 Å². The molecule has 154 valence electrons. The summed E-state index contributed by atoms with van der Waals surface area (Å²) in [6, 6.07) is 23.3. The number of carbonyl (C=O) groups excluding carboxylic acids is 1. The first kappa shape index (κ1) is 20.4. The van der Waals surface area contributed by atoms with Gasteiger partial charge in [-0.25, -0.2) is 4.98 Å². The van der Waals surface area contributed by atoms with E-state index in [1.165, 1.54) is 0 Å². The summed E-state index contributed by atoms with van der Waals surface area (Å²) in [6.07, 6.45) is 1.38. The zero-order chi connectivity index (χ0) is 20.8. The highest BCUT2D eigenvalue weighted by molar-refractivity contribution is 6.30. The van der Waals surface area contributed by atoms with E-state index in [2.05, 4.69) is 4.98 Å². The van der Waals surface area contributed by atoms with Crippen molar-refractivity contribution < 1.29 is 14.3 Å². The summed E-state index contributed by atoms with van der Waals surface area (Å²) in [4.78, 5) is 19.5. The highest BCUT2D eigenvalue weighted by Gasteiger charge is 2.31. The van der Waals surface area contributed by atoms with Gasteiger partial charge in [0.15, 0.2) is 10.9 Å². The standard InChI is InChI=1S/C24H23ClN2O3/c25-23-21(12-7-13-26-23)30-17-20-16-27(14-15-29-20)24(28)22(18-8-3-1-4-9-18)19-10-5-2-6-11-19/h1-13,20,22H,14-17H2. The molecule has 1 aliphatic rings. The van der Waals surface area contributed by atoms with Crippen molar-refractivity contribution >= 4 is 17.5 Å². The number of hydrogen-bond acceptors (Lipinski definition) is 4. The summed E-state index contributed by atoms with van der Waals surface area (Å²) < 4.78 is 11.6. The van der Waals surface area contributed by atoms with Crippen molar-refractivity contribution in [3.05, 3.63) is 95.3 Å². The molecule has 0 bridgehead atoms. The molecule has 1 unspecified atom stereocenters. The van der Waals surface area contributed by atoms with E-state index in [4.69, 9.17) is 21.1 Å². The summed E-state index contributed by atoms with van der Waals surface area (Å²) in [7, 11) is 0. The van der Waals surface area contributed by atoms with Gasteiger partial charge in [0, 0.05) is 12.7 Å².